The van der Waals surface area contributed by atoms with E-state index in [1.54, 1.807) is 12.1 Å². The molecule has 0 aliphatic rings. The highest BCUT2D eigenvalue weighted by Gasteiger charge is 2.16. The van der Waals surface area contributed by atoms with Gasteiger partial charge in [0.1, 0.15) is 5.82 Å². The van der Waals surface area contributed by atoms with Gasteiger partial charge in [0, 0.05) is 25.4 Å². The molecule has 1 amide bonds. The van der Waals surface area contributed by atoms with E-state index in [-0.39, 0.29) is 11.5 Å². The zero-order valence-electron chi connectivity index (χ0n) is 14.8. The number of likely N-dealkylation sites (N-methyl/N-ethyl adjacent to an activating group) is 1. The van der Waals surface area contributed by atoms with Gasteiger partial charge in [-0.15, -0.1) is 0 Å². The lowest BCUT2D eigenvalue weighted by molar-refractivity contribution is -0.121. The molecule has 0 spiro atoms. The van der Waals surface area contributed by atoms with Gasteiger partial charge in [0.25, 0.3) is 5.56 Å². The second-order valence-electron chi connectivity index (χ2n) is 6.61. The molecule has 0 fully saturated rings. The van der Waals surface area contributed by atoms with E-state index in [1.165, 1.54) is 0 Å². The van der Waals surface area contributed by atoms with Crippen LogP contribution in [0.5, 0.6) is 0 Å². The Morgan fingerprint density at radius 3 is 2.67 bits per heavy atom. The number of aromatic nitrogens is 2. The molecule has 1 aromatic heterocycles. The number of aromatic amines is 1. The Morgan fingerprint density at radius 1 is 1.29 bits per heavy atom. The minimum Gasteiger partial charge on any atom is -0.355 e. The number of amides is 1. The number of benzene rings is 1. The molecule has 0 bridgehead atoms. The van der Waals surface area contributed by atoms with Gasteiger partial charge in [-0.25, -0.2) is 4.98 Å². The van der Waals surface area contributed by atoms with E-state index in [1.807, 2.05) is 26.2 Å². The second kappa shape index (κ2) is 8.06. The van der Waals surface area contributed by atoms with Gasteiger partial charge in [-0.2, -0.15) is 0 Å². The van der Waals surface area contributed by atoms with Crippen molar-refractivity contribution in [3.8, 4) is 0 Å². The maximum Gasteiger partial charge on any atom is 0.258 e. The van der Waals surface area contributed by atoms with Crippen molar-refractivity contribution in [1.29, 1.82) is 0 Å². The monoisotopic (exact) mass is 330 g/mol. The van der Waals surface area contributed by atoms with Crippen molar-refractivity contribution in [2.24, 2.45) is 5.92 Å². The van der Waals surface area contributed by atoms with Crippen LogP contribution in [0.25, 0.3) is 10.9 Å². The van der Waals surface area contributed by atoms with Gasteiger partial charge in [0.2, 0.25) is 5.91 Å². The molecule has 0 radical (unpaired) electrons. The van der Waals surface area contributed by atoms with Gasteiger partial charge >= 0.3 is 0 Å². The lowest BCUT2D eigenvalue weighted by Crippen LogP contribution is -2.43. The maximum absolute atomic E-state index is 12.1. The molecule has 1 unspecified atom stereocenters. The minimum absolute atomic E-state index is 0.0293. The summed E-state index contributed by atoms with van der Waals surface area (Å²) in [6, 6.07) is 7.50. The number of H-pyrrole nitrogens is 1. The third kappa shape index (κ3) is 4.64. The summed E-state index contributed by atoms with van der Waals surface area (Å²) in [4.78, 5) is 33.4. The first-order valence-corrected chi connectivity index (χ1v) is 8.29. The van der Waals surface area contributed by atoms with Crippen LogP contribution in [0.1, 0.15) is 26.1 Å². The summed E-state index contributed by atoms with van der Waals surface area (Å²) in [5, 5.41) is 3.53. The number of rotatable bonds is 7. The molecule has 1 heterocycles. The summed E-state index contributed by atoms with van der Waals surface area (Å²) in [5.41, 5.74) is 0.493. The Morgan fingerprint density at radius 2 is 2.00 bits per heavy atom. The highest BCUT2D eigenvalue weighted by Crippen LogP contribution is 2.08. The number of hydrogen-bond acceptors (Lipinski definition) is 4. The topological polar surface area (TPSA) is 78.1 Å². The molecule has 6 nitrogen and oxygen atoms in total. The van der Waals surface area contributed by atoms with Crippen LogP contribution < -0.4 is 10.9 Å². The third-order valence-electron chi connectivity index (χ3n) is 4.19. The molecule has 0 saturated carbocycles. The standard InChI is InChI=1S/C18H26N4O2/c1-12(2)15(22(3)4)11-19-17(23)10-9-16-20-14-8-6-5-7-13(14)18(24)21-16/h5-8,12,15H,9-11H2,1-4H3,(H,19,23)(H,20,21,24). The van der Waals surface area contributed by atoms with E-state index in [9.17, 15) is 9.59 Å². The Labute approximate surface area is 142 Å². The van der Waals surface area contributed by atoms with Gasteiger partial charge in [-0.1, -0.05) is 26.0 Å². The summed E-state index contributed by atoms with van der Waals surface area (Å²) in [6.07, 6.45) is 0.722. The van der Waals surface area contributed by atoms with E-state index in [0.717, 1.165) is 0 Å². The second-order valence-corrected chi connectivity index (χ2v) is 6.61. The molecule has 2 aromatic rings. The number of aryl methyl sites for hydroxylation is 1. The number of carbonyl (C=O) groups is 1. The molecule has 0 saturated heterocycles. The molecule has 6 heteroatoms. The van der Waals surface area contributed by atoms with E-state index in [2.05, 4.69) is 34.0 Å². The number of carbonyl (C=O) groups excluding carboxylic acids is 1. The van der Waals surface area contributed by atoms with Crippen molar-refractivity contribution in [2.45, 2.75) is 32.7 Å². The van der Waals surface area contributed by atoms with Crippen LogP contribution in [-0.4, -0.2) is 47.5 Å². The lowest BCUT2D eigenvalue weighted by Gasteiger charge is -2.28. The molecule has 0 aliphatic carbocycles. The Balaban J connectivity index is 1.93. The largest absolute Gasteiger partial charge is 0.355 e. The van der Waals surface area contributed by atoms with Crippen LogP contribution in [0, 0.1) is 5.92 Å². The predicted molar refractivity (Wildman–Crippen MR) is 96.0 cm³/mol. The Hall–Kier alpha value is -2.21. The normalized spacial score (nSPS) is 12.8. The smallest absolute Gasteiger partial charge is 0.258 e. The Kier molecular flexibility index (Phi) is 6.09. The minimum atomic E-state index is -0.163. The van der Waals surface area contributed by atoms with Gasteiger partial charge in [0.15, 0.2) is 0 Å². The summed E-state index contributed by atoms with van der Waals surface area (Å²) in [5.74, 6) is 0.971. The zero-order chi connectivity index (χ0) is 17.7. The van der Waals surface area contributed by atoms with Gasteiger partial charge < -0.3 is 15.2 Å². The fraction of sp³-hybridized carbons (Fsp3) is 0.500. The van der Waals surface area contributed by atoms with Crippen LogP contribution in [-0.2, 0) is 11.2 Å². The average molecular weight is 330 g/mol. The van der Waals surface area contributed by atoms with Gasteiger partial charge in [0.05, 0.1) is 10.9 Å². The van der Waals surface area contributed by atoms with Crippen molar-refractivity contribution in [3.63, 3.8) is 0 Å². The maximum atomic E-state index is 12.1. The molecule has 0 aliphatic heterocycles. The first-order chi connectivity index (χ1) is 11.4. The molecule has 130 valence electrons. The van der Waals surface area contributed by atoms with E-state index < -0.39 is 0 Å². The first-order valence-electron chi connectivity index (χ1n) is 8.29. The first kappa shape index (κ1) is 18.1. The van der Waals surface area contributed by atoms with E-state index in [4.69, 9.17) is 0 Å². The molecule has 2 rings (SSSR count). The lowest BCUT2D eigenvalue weighted by atomic mass is 10.0. The summed E-state index contributed by atoms with van der Waals surface area (Å²) in [6.45, 7) is 4.90. The molecule has 2 N–H and O–H groups in total. The average Bonchev–Trinajstić information content (AvgIpc) is 2.52. The predicted octanol–water partition coefficient (Wildman–Crippen LogP) is 1.56. The van der Waals surface area contributed by atoms with Crippen molar-refractivity contribution in [3.05, 3.63) is 40.4 Å². The number of fused-ring (bicyclic) bond motifs is 1. The van der Waals surface area contributed by atoms with Crippen LogP contribution in [0.4, 0.5) is 0 Å². The number of para-hydroxylation sites is 1. The van der Waals surface area contributed by atoms with Crippen LogP contribution in [0.2, 0.25) is 0 Å². The summed E-state index contributed by atoms with van der Waals surface area (Å²) in [7, 11) is 4.03. The molecular weight excluding hydrogens is 304 g/mol. The fourth-order valence-corrected chi connectivity index (χ4v) is 2.81. The molecule has 24 heavy (non-hydrogen) atoms. The zero-order valence-corrected chi connectivity index (χ0v) is 14.8. The molecule has 1 aromatic carbocycles. The molecular formula is C18H26N4O2. The van der Waals surface area contributed by atoms with Crippen LogP contribution in [0.15, 0.2) is 29.1 Å². The van der Waals surface area contributed by atoms with Crippen molar-refractivity contribution in [1.82, 2.24) is 20.2 Å². The number of hydrogen-bond donors (Lipinski definition) is 2. The SMILES string of the molecule is CC(C)C(CNC(=O)CCc1nc2ccccc2c(=O)[nH]1)N(C)C. The van der Waals surface area contributed by atoms with Crippen molar-refractivity contribution >= 4 is 16.8 Å². The fourth-order valence-electron chi connectivity index (χ4n) is 2.81. The third-order valence-corrected chi connectivity index (χ3v) is 4.19. The van der Waals surface area contributed by atoms with E-state index in [0.29, 0.717) is 48.1 Å². The summed E-state index contributed by atoms with van der Waals surface area (Å²) >= 11 is 0. The highest BCUT2D eigenvalue weighted by atomic mass is 16.1. The van der Waals surface area contributed by atoms with Crippen molar-refractivity contribution < 1.29 is 4.79 Å². The van der Waals surface area contributed by atoms with Gasteiger partial charge in [-0.3, -0.25) is 9.59 Å². The molecule has 1 atom stereocenters. The highest BCUT2D eigenvalue weighted by molar-refractivity contribution is 5.78. The quantitative estimate of drug-likeness (QED) is 0.807. The van der Waals surface area contributed by atoms with Crippen LogP contribution in [0.3, 0.4) is 0 Å². The number of nitrogens with one attached hydrogen (secondary N) is 2. The van der Waals surface area contributed by atoms with E-state index >= 15 is 0 Å². The summed E-state index contributed by atoms with van der Waals surface area (Å²) < 4.78 is 0. The van der Waals surface area contributed by atoms with Crippen LogP contribution >= 0.6 is 0 Å². The van der Waals surface area contributed by atoms with Crippen molar-refractivity contribution in [2.75, 3.05) is 20.6 Å². The Bertz CT molecular complexity index is 744. The number of nitrogens with zero attached hydrogens (tertiary/aromatic N) is 2. The van der Waals surface area contributed by atoms with Gasteiger partial charge in [-0.05, 0) is 32.1 Å².